The zero-order valence-electron chi connectivity index (χ0n) is 9.34. The molecule has 2 aromatic rings. The minimum absolute atomic E-state index is 0. The van der Waals surface area contributed by atoms with Crippen molar-refractivity contribution < 1.29 is 0 Å². The highest BCUT2D eigenvalue weighted by Crippen LogP contribution is 2.31. The topological polar surface area (TPSA) is 40.7 Å². The van der Waals surface area contributed by atoms with Crippen molar-refractivity contribution in [1.82, 2.24) is 9.97 Å². The Morgan fingerprint density at radius 2 is 1.76 bits per heavy atom. The molecule has 0 bridgehead atoms. The van der Waals surface area contributed by atoms with E-state index in [1.54, 1.807) is 18.2 Å². The van der Waals surface area contributed by atoms with Crippen LogP contribution >= 0.6 is 35.6 Å². The monoisotopic (exact) mass is 291 g/mol. The molecule has 0 aliphatic carbocycles. The molecule has 6 heteroatoms. The van der Waals surface area contributed by atoms with Gasteiger partial charge in [-0.25, -0.2) is 4.98 Å². The van der Waals surface area contributed by atoms with Crippen molar-refractivity contribution >= 4 is 47.2 Å². The second kappa shape index (κ2) is 5.63. The zero-order chi connectivity index (χ0) is 11.7. The first kappa shape index (κ1) is 14.2. The minimum atomic E-state index is 0. The van der Waals surface area contributed by atoms with Crippen molar-refractivity contribution in [3.8, 4) is 0 Å². The lowest BCUT2D eigenvalue weighted by molar-refractivity contribution is 1.22. The van der Waals surface area contributed by atoms with Crippen LogP contribution in [-0.2, 0) is 0 Å². The van der Waals surface area contributed by atoms with E-state index in [-0.39, 0.29) is 12.4 Å². The molecule has 0 saturated heterocycles. The number of imidazole rings is 1. The van der Waals surface area contributed by atoms with Gasteiger partial charge in [0.1, 0.15) is 0 Å². The smallest absolute Gasteiger partial charge is 0.205 e. The van der Waals surface area contributed by atoms with Crippen LogP contribution in [0.25, 0.3) is 0 Å². The summed E-state index contributed by atoms with van der Waals surface area (Å²) in [6.45, 7) is 3.90. The minimum Gasteiger partial charge on any atom is -0.328 e. The molecule has 0 amide bonds. The van der Waals surface area contributed by atoms with E-state index in [9.17, 15) is 0 Å². The maximum Gasteiger partial charge on any atom is 0.205 e. The number of nitrogens with one attached hydrogen (secondary N) is 2. The third-order valence-electron chi connectivity index (χ3n) is 2.33. The van der Waals surface area contributed by atoms with Gasteiger partial charge >= 0.3 is 0 Å². The molecule has 0 radical (unpaired) electrons. The van der Waals surface area contributed by atoms with Crippen molar-refractivity contribution in [3.05, 3.63) is 39.6 Å². The molecule has 0 atom stereocenters. The third-order valence-corrected chi connectivity index (χ3v) is 2.96. The summed E-state index contributed by atoms with van der Waals surface area (Å²) in [7, 11) is 0. The van der Waals surface area contributed by atoms with E-state index in [0.29, 0.717) is 21.7 Å². The molecule has 2 N–H and O–H groups in total. The normalized spacial score (nSPS) is 9.88. The van der Waals surface area contributed by atoms with Crippen LogP contribution in [0.3, 0.4) is 0 Å². The number of aromatic nitrogens is 2. The molecular formula is C11H12Cl3N3. The van der Waals surface area contributed by atoms with Crippen molar-refractivity contribution in [3.63, 3.8) is 0 Å². The lowest BCUT2D eigenvalue weighted by atomic mass is 10.3. The van der Waals surface area contributed by atoms with Gasteiger partial charge in [-0.1, -0.05) is 29.3 Å². The molecule has 0 spiro atoms. The molecular weight excluding hydrogens is 281 g/mol. The number of aromatic amines is 1. The molecule has 17 heavy (non-hydrogen) atoms. The molecule has 3 nitrogen and oxygen atoms in total. The van der Waals surface area contributed by atoms with Crippen LogP contribution in [0.15, 0.2) is 18.2 Å². The van der Waals surface area contributed by atoms with Crippen molar-refractivity contribution in [2.75, 3.05) is 5.32 Å². The summed E-state index contributed by atoms with van der Waals surface area (Å²) in [6, 6.07) is 5.35. The van der Waals surface area contributed by atoms with Crippen LogP contribution in [0.4, 0.5) is 11.6 Å². The number of H-pyrrole nitrogens is 1. The average Bonchev–Trinajstić information content (AvgIpc) is 2.53. The van der Waals surface area contributed by atoms with Gasteiger partial charge < -0.3 is 10.3 Å². The predicted octanol–water partition coefficient (Wildman–Crippen LogP) is 4.50. The van der Waals surface area contributed by atoms with Gasteiger partial charge in [-0.3, -0.25) is 0 Å². The summed E-state index contributed by atoms with van der Waals surface area (Å²) in [4.78, 5) is 7.41. The Morgan fingerprint density at radius 3 is 2.24 bits per heavy atom. The summed E-state index contributed by atoms with van der Waals surface area (Å²) in [5.41, 5.74) is 2.64. The van der Waals surface area contributed by atoms with Crippen LogP contribution in [0, 0.1) is 13.8 Å². The second-order valence-electron chi connectivity index (χ2n) is 3.52. The Kier molecular flexibility index (Phi) is 4.69. The summed E-state index contributed by atoms with van der Waals surface area (Å²) in [6.07, 6.45) is 0. The summed E-state index contributed by atoms with van der Waals surface area (Å²) < 4.78 is 0. The molecule has 0 fully saturated rings. The molecule has 92 valence electrons. The highest BCUT2D eigenvalue weighted by Gasteiger charge is 2.08. The van der Waals surface area contributed by atoms with Gasteiger partial charge in [-0.15, -0.1) is 12.4 Å². The lowest BCUT2D eigenvalue weighted by Gasteiger charge is -2.07. The van der Waals surface area contributed by atoms with Gasteiger partial charge in [0.15, 0.2) is 0 Å². The van der Waals surface area contributed by atoms with Crippen LogP contribution in [-0.4, -0.2) is 9.97 Å². The lowest BCUT2D eigenvalue weighted by Crippen LogP contribution is -1.94. The maximum atomic E-state index is 6.04. The highest BCUT2D eigenvalue weighted by atomic mass is 35.5. The van der Waals surface area contributed by atoms with Crippen LogP contribution < -0.4 is 5.32 Å². The molecule has 1 aromatic heterocycles. The van der Waals surface area contributed by atoms with E-state index >= 15 is 0 Å². The maximum absolute atomic E-state index is 6.04. The van der Waals surface area contributed by atoms with Gasteiger partial charge in [0.25, 0.3) is 0 Å². The number of nitrogens with zero attached hydrogens (tertiary/aromatic N) is 1. The van der Waals surface area contributed by atoms with Crippen LogP contribution in [0.5, 0.6) is 0 Å². The number of hydrogen-bond donors (Lipinski definition) is 2. The largest absolute Gasteiger partial charge is 0.328 e. The van der Waals surface area contributed by atoms with Crippen molar-refractivity contribution in [2.24, 2.45) is 0 Å². The van der Waals surface area contributed by atoms with Gasteiger partial charge in [-0.05, 0) is 26.0 Å². The number of para-hydroxylation sites is 1. The zero-order valence-corrected chi connectivity index (χ0v) is 11.7. The van der Waals surface area contributed by atoms with Gasteiger partial charge in [0.2, 0.25) is 5.95 Å². The number of halogens is 3. The molecule has 1 heterocycles. The number of aryl methyl sites for hydroxylation is 2. The van der Waals surface area contributed by atoms with Gasteiger partial charge in [0.05, 0.1) is 21.4 Å². The van der Waals surface area contributed by atoms with E-state index in [2.05, 4.69) is 15.3 Å². The summed E-state index contributed by atoms with van der Waals surface area (Å²) in [5, 5.41) is 4.21. The van der Waals surface area contributed by atoms with E-state index < -0.39 is 0 Å². The average molecular weight is 293 g/mol. The Balaban J connectivity index is 0.00000144. The van der Waals surface area contributed by atoms with Crippen molar-refractivity contribution in [2.45, 2.75) is 13.8 Å². The fourth-order valence-corrected chi connectivity index (χ4v) is 1.83. The number of rotatable bonds is 2. The number of hydrogen-bond acceptors (Lipinski definition) is 2. The quantitative estimate of drug-likeness (QED) is 0.855. The highest BCUT2D eigenvalue weighted by molar-refractivity contribution is 6.39. The summed E-state index contributed by atoms with van der Waals surface area (Å²) in [5.74, 6) is 0.644. The molecule has 1 aromatic carbocycles. The molecule has 0 aliphatic heterocycles. The molecule has 0 saturated carbocycles. The molecule has 2 rings (SSSR count). The van der Waals surface area contributed by atoms with E-state index in [1.165, 1.54) is 0 Å². The van der Waals surface area contributed by atoms with Gasteiger partial charge in [0, 0.05) is 5.69 Å². The first-order valence-corrected chi connectivity index (χ1v) is 5.58. The summed E-state index contributed by atoms with van der Waals surface area (Å²) >= 11 is 12.1. The van der Waals surface area contributed by atoms with Crippen molar-refractivity contribution in [1.29, 1.82) is 0 Å². The van der Waals surface area contributed by atoms with Crippen LogP contribution in [0.1, 0.15) is 11.4 Å². The fourth-order valence-electron chi connectivity index (χ4n) is 1.34. The van der Waals surface area contributed by atoms with E-state index in [0.717, 1.165) is 11.4 Å². The molecule has 0 unspecified atom stereocenters. The first-order chi connectivity index (χ1) is 7.58. The fraction of sp³-hybridized carbons (Fsp3) is 0.182. The van der Waals surface area contributed by atoms with E-state index in [1.807, 2.05) is 13.8 Å². The predicted molar refractivity (Wildman–Crippen MR) is 75.1 cm³/mol. The Labute approximate surface area is 116 Å². The second-order valence-corrected chi connectivity index (χ2v) is 4.33. The van der Waals surface area contributed by atoms with E-state index in [4.69, 9.17) is 23.2 Å². The number of benzene rings is 1. The first-order valence-electron chi connectivity index (χ1n) is 4.82. The SMILES string of the molecule is Cc1nc(Nc2c(Cl)cccc2Cl)[nH]c1C.Cl. The Bertz CT molecular complexity index is 483. The Morgan fingerprint density at radius 1 is 1.18 bits per heavy atom. The standard InChI is InChI=1S/C11H11Cl2N3.ClH/c1-6-7(2)15-11(14-6)16-10-8(12)4-3-5-9(10)13;/h3-5H,1-2H3,(H2,14,15,16);1H. The Hall–Kier alpha value is -0.900. The number of anilines is 2. The third kappa shape index (κ3) is 3.06. The molecule has 0 aliphatic rings. The van der Waals surface area contributed by atoms with Crippen LogP contribution in [0.2, 0.25) is 10.0 Å². The van der Waals surface area contributed by atoms with Gasteiger partial charge in [-0.2, -0.15) is 0 Å².